The van der Waals surface area contributed by atoms with Gasteiger partial charge in [0.2, 0.25) is 0 Å². The summed E-state index contributed by atoms with van der Waals surface area (Å²) < 4.78 is 1.15. The van der Waals surface area contributed by atoms with Crippen LogP contribution in [0.3, 0.4) is 0 Å². The van der Waals surface area contributed by atoms with E-state index in [1.807, 2.05) is 0 Å². The van der Waals surface area contributed by atoms with Crippen LogP contribution in [0.5, 0.6) is 0 Å². The van der Waals surface area contributed by atoms with Crippen LogP contribution >= 0.6 is 0 Å². The molecule has 14 heavy (non-hydrogen) atoms. The highest BCUT2D eigenvalue weighted by Gasteiger charge is 2.37. The molecule has 1 heterocycles. The summed E-state index contributed by atoms with van der Waals surface area (Å²) in [6.45, 7) is 7.72. The number of hydrogen-bond acceptors (Lipinski definition) is 0. The number of piperidine rings is 1. The zero-order valence-electron chi connectivity index (χ0n) is 9.71. The fourth-order valence-corrected chi connectivity index (χ4v) is 2.72. The van der Waals surface area contributed by atoms with Crippen molar-refractivity contribution >= 4 is 0 Å². The molecule has 0 aromatic carbocycles. The Balaban J connectivity index is 2.69. The van der Waals surface area contributed by atoms with Gasteiger partial charge in [-0.2, -0.15) is 0 Å². The van der Waals surface area contributed by atoms with Gasteiger partial charge in [0.25, 0.3) is 0 Å². The zero-order valence-corrected chi connectivity index (χ0v) is 9.71. The molecule has 1 aliphatic heterocycles. The van der Waals surface area contributed by atoms with E-state index >= 15 is 0 Å². The molecule has 0 radical (unpaired) electrons. The van der Waals surface area contributed by atoms with Gasteiger partial charge < -0.3 is 4.48 Å². The number of hydrogen-bond donors (Lipinski definition) is 0. The average Bonchev–Trinajstić information content (AvgIpc) is 2.13. The van der Waals surface area contributed by atoms with Crippen LogP contribution in [0, 0.1) is 0 Å². The third-order valence-corrected chi connectivity index (χ3v) is 3.83. The van der Waals surface area contributed by atoms with Crippen molar-refractivity contribution in [3.8, 4) is 0 Å². The van der Waals surface area contributed by atoms with Gasteiger partial charge in [-0.25, -0.2) is 0 Å². The van der Waals surface area contributed by atoms with E-state index in [0.717, 1.165) is 29.4 Å². The van der Waals surface area contributed by atoms with E-state index in [2.05, 4.69) is 39.4 Å². The number of rotatable bonds is 4. The molecule has 80 valence electrons. The predicted octanol–water partition coefficient (Wildman–Crippen LogP) is 3.14. The van der Waals surface area contributed by atoms with E-state index in [-0.39, 0.29) is 0 Å². The summed E-state index contributed by atoms with van der Waals surface area (Å²) in [6, 6.07) is 1.54. The van der Waals surface area contributed by atoms with Gasteiger partial charge in [0.1, 0.15) is 0 Å². The summed E-state index contributed by atoms with van der Waals surface area (Å²) >= 11 is 0. The van der Waals surface area contributed by atoms with Crippen molar-refractivity contribution in [3.05, 3.63) is 25.3 Å². The fraction of sp³-hybridized carbons (Fsp3) is 0.692. The molecule has 0 saturated carbocycles. The van der Waals surface area contributed by atoms with Gasteiger partial charge in [-0.05, 0) is 19.3 Å². The minimum atomic E-state index is 0.770. The molecule has 0 unspecified atom stereocenters. The minimum absolute atomic E-state index is 0.770. The Bertz CT molecular complexity index is 185. The Kier molecular flexibility index (Phi) is 3.94. The van der Waals surface area contributed by atoms with Crippen molar-refractivity contribution in [2.75, 3.05) is 14.1 Å². The summed E-state index contributed by atoms with van der Waals surface area (Å²) in [7, 11) is 4.73. The van der Waals surface area contributed by atoms with E-state index in [4.69, 9.17) is 0 Å². The van der Waals surface area contributed by atoms with E-state index in [1.165, 1.54) is 19.3 Å². The standard InChI is InChI=1S/C13H24N/c1-5-8-12-10-7-11-13(9-6-2)14(12,3)4/h5-6,12-13H,1-2,7-11H2,3-4H3/q+1/t12-,13-/m0/s1. The van der Waals surface area contributed by atoms with Crippen molar-refractivity contribution in [2.45, 2.75) is 44.2 Å². The van der Waals surface area contributed by atoms with Crippen LogP contribution in [0.2, 0.25) is 0 Å². The van der Waals surface area contributed by atoms with Crippen molar-refractivity contribution in [1.29, 1.82) is 0 Å². The fourth-order valence-electron chi connectivity index (χ4n) is 2.72. The highest BCUT2D eigenvalue weighted by Crippen LogP contribution is 2.31. The molecule has 1 heteroatoms. The normalized spacial score (nSPS) is 31.0. The van der Waals surface area contributed by atoms with Crippen LogP contribution < -0.4 is 0 Å². The van der Waals surface area contributed by atoms with Gasteiger partial charge in [0.15, 0.2) is 0 Å². The highest BCUT2D eigenvalue weighted by molar-refractivity contribution is 4.82. The Morgan fingerprint density at radius 2 is 1.50 bits per heavy atom. The lowest BCUT2D eigenvalue weighted by molar-refractivity contribution is -0.943. The average molecular weight is 194 g/mol. The smallest absolute Gasteiger partial charge is 0.0923 e. The molecule has 0 aliphatic carbocycles. The Morgan fingerprint density at radius 1 is 1.07 bits per heavy atom. The van der Waals surface area contributed by atoms with Crippen LogP contribution in [-0.2, 0) is 0 Å². The molecule has 0 aromatic heterocycles. The van der Waals surface area contributed by atoms with E-state index in [0.29, 0.717) is 0 Å². The van der Waals surface area contributed by atoms with Crippen LogP contribution in [0.1, 0.15) is 32.1 Å². The zero-order chi connectivity index (χ0) is 10.6. The van der Waals surface area contributed by atoms with Crippen molar-refractivity contribution in [1.82, 2.24) is 0 Å². The third kappa shape index (κ3) is 2.27. The highest BCUT2D eigenvalue weighted by atomic mass is 15.4. The SMILES string of the molecule is C=CC[C@H]1CCC[C@H](CC=C)[N+]1(C)C. The molecular weight excluding hydrogens is 170 g/mol. The second-order valence-corrected chi connectivity index (χ2v) is 4.92. The first-order valence-electron chi connectivity index (χ1n) is 5.68. The quantitative estimate of drug-likeness (QED) is 0.476. The van der Waals surface area contributed by atoms with Crippen LogP contribution in [0.4, 0.5) is 0 Å². The van der Waals surface area contributed by atoms with Crippen LogP contribution in [0.25, 0.3) is 0 Å². The Morgan fingerprint density at radius 3 is 1.86 bits per heavy atom. The summed E-state index contributed by atoms with van der Waals surface area (Å²) in [5.41, 5.74) is 0. The van der Waals surface area contributed by atoms with Crippen LogP contribution in [-0.4, -0.2) is 30.7 Å². The molecule has 0 aromatic rings. The molecule has 1 aliphatic rings. The molecule has 1 rings (SSSR count). The second kappa shape index (κ2) is 4.79. The van der Waals surface area contributed by atoms with Gasteiger partial charge in [-0.15, -0.1) is 13.2 Å². The maximum atomic E-state index is 3.86. The lowest BCUT2D eigenvalue weighted by Gasteiger charge is -2.47. The molecule has 0 amide bonds. The first-order chi connectivity index (χ1) is 6.62. The maximum absolute atomic E-state index is 3.86. The first-order valence-corrected chi connectivity index (χ1v) is 5.68. The molecule has 0 bridgehead atoms. The van der Waals surface area contributed by atoms with Gasteiger partial charge in [0.05, 0.1) is 26.2 Å². The molecule has 0 N–H and O–H groups in total. The maximum Gasteiger partial charge on any atom is 0.0923 e. The summed E-state index contributed by atoms with van der Waals surface area (Å²) in [5, 5.41) is 0. The Labute approximate surface area is 88.7 Å². The largest absolute Gasteiger partial charge is 0.323 e. The number of likely N-dealkylation sites (tertiary alicyclic amines) is 1. The molecule has 2 atom stereocenters. The molecular formula is C13H24N+. The first kappa shape index (κ1) is 11.5. The lowest BCUT2D eigenvalue weighted by atomic mass is 9.90. The van der Waals surface area contributed by atoms with E-state index < -0.39 is 0 Å². The van der Waals surface area contributed by atoms with Crippen molar-refractivity contribution in [2.24, 2.45) is 0 Å². The molecule has 1 nitrogen and oxygen atoms in total. The lowest BCUT2D eigenvalue weighted by Crippen LogP contribution is -2.57. The molecule has 1 saturated heterocycles. The van der Waals surface area contributed by atoms with Gasteiger partial charge >= 0.3 is 0 Å². The number of quaternary nitrogens is 1. The van der Waals surface area contributed by atoms with E-state index in [9.17, 15) is 0 Å². The van der Waals surface area contributed by atoms with Gasteiger partial charge in [0, 0.05) is 12.8 Å². The summed E-state index contributed by atoms with van der Waals surface area (Å²) in [5.74, 6) is 0. The van der Waals surface area contributed by atoms with Crippen molar-refractivity contribution in [3.63, 3.8) is 0 Å². The topological polar surface area (TPSA) is 0 Å². The summed E-state index contributed by atoms with van der Waals surface area (Å²) in [6.07, 6.45) is 10.5. The van der Waals surface area contributed by atoms with Crippen LogP contribution in [0.15, 0.2) is 25.3 Å². The van der Waals surface area contributed by atoms with Gasteiger partial charge in [-0.1, -0.05) is 12.2 Å². The molecule has 0 spiro atoms. The van der Waals surface area contributed by atoms with Gasteiger partial charge in [-0.3, -0.25) is 0 Å². The summed E-state index contributed by atoms with van der Waals surface area (Å²) in [4.78, 5) is 0. The monoisotopic (exact) mass is 194 g/mol. The number of nitrogens with zero attached hydrogens (tertiary/aromatic N) is 1. The minimum Gasteiger partial charge on any atom is -0.323 e. The predicted molar refractivity (Wildman–Crippen MR) is 63.2 cm³/mol. The Hall–Kier alpha value is -0.560. The third-order valence-electron chi connectivity index (χ3n) is 3.83. The molecule has 1 fully saturated rings. The van der Waals surface area contributed by atoms with E-state index in [1.54, 1.807) is 0 Å². The van der Waals surface area contributed by atoms with Crippen molar-refractivity contribution < 1.29 is 4.48 Å². The second-order valence-electron chi connectivity index (χ2n) is 4.92.